The first-order valence-corrected chi connectivity index (χ1v) is 10.1. The van der Waals surface area contributed by atoms with E-state index in [1.165, 1.54) is 12.1 Å². The van der Waals surface area contributed by atoms with Crippen molar-refractivity contribution >= 4 is 31.9 Å². The van der Waals surface area contributed by atoms with E-state index in [-0.39, 0.29) is 30.0 Å². The summed E-state index contributed by atoms with van der Waals surface area (Å²) in [6, 6.07) is 6.36. The van der Waals surface area contributed by atoms with Crippen LogP contribution in [-0.2, 0) is 19.6 Å². The molecule has 0 unspecified atom stereocenters. The third kappa shape index (κ3) is 6.88. The van der Waals surface area contributed by atoms with E-state index in [1.807, 2.05) is 13.8 Å². The maximum atomic E-state index is 12.6. The Labute approximate surface area is 152 Å². The van der Waals surface area contributed by atoms with Crippen LogP contribution in [0.15, 0.2) is 33.6 Å². The number of nitrogens with zero attached hydrogens (tertiary/aromatic N) is 1. The van der Waals surface area contributed by atoms with Crippen LogP contribution in [0, 0.1) is 0 Å². The first kappa shape index (κ1) is 21.1. The molecule has 0 saturated carbocycles. The highest BCUT2D eigenvalue weighted by Gasteiger charge is 2.24. The van der Waals surface area contributed by atoms with Gasteiger partial charge in [-0.05, 0) is 44.5 Å². The van der Waals surface area contributed by atoms with Gasteiger partial charge in [0.25, 0.3) is 0 Å². The molecular weight excluding hydrogens is 396 g/mol. The van der Waals surface area contributed by atoms with Crippen LogP contribution < -0.4 is 5.32 Å². The van der Waals surface area contributed by atoms with Crippen LogP contribution >= 0.6 is 15.9 Å². The molecule has 0 heterocycles. The minimum Gasteiger partial charge on any atom is -0.379 e. The Kier molecular flexibility index (Phi) is 8.90. The zero-order chi connectivity index (χ0) is 18.2. The van der Waals surface area contributed by atoms with Crippen LogP contribution in [0.5, 0.6) is 0 Å². The number of amides is 1. The lowest BCUT2D eigenvalue weighted by Crippen LogP contribution is -2.41. The average molecular weight is 421 g/mol. The van der Waals surface area contributed by atoms with Crippen molar-refractivity contribution in [3.05, 3.63) is 28.7 Å². The number of carbonyl (C=O) groups is 1. The van der Waals surface area contributed by atoms with Crippen molar-refractivity contribution in [1.82, 2.24) is 9.62 Å². The van der Waals surface area contributed by atoms with Crippen molar-refractivity contribution in [2.45, 2.75) is 38.2 Å². The maximum Gasteiger partial charge on any atom is 0.243 e. The average Bonchev–Trinajstić information content (AvgIpc) is 2.52. The molecule has 0 bridgehead atoms. The monoisotopic (exact) mass is 420 g/mol. The van der Waals surface area contributed by atoms with Gasteiger partial charge in [-0.2, -0.15) is 4.31 Å². The second kappa shape index (κ2) is 10.1. The molecule has 0 aromatic heterocycles. The number of benzene rings is 1. The molecule has 136 valence electrons. The number of nitrogens with one attached hydrogen (secondary N) is 1. The van der Waals surface area contributed by atoms with Crippen LogP contribution in [0.4, 0.5) is 0 Å². The smallest absolute Gasteiger partial charge is 0.243 e. The van der Waals surface area contributed by atoms with Gasteiger partial charge in [0.15, 0.2) is 0 Å². The predicted molar refractivity (Wildman–Crippen MR) is 97.3 cm³/mol. The van der Waals surface area contributed by atoms with Gasteiger partial charge in [0.05, 0.1) is 17.5 Å². The van der Waals surface area contributed by atoms with Gasteiger partial charge in [0.2, 0.25) is 15.9 Å². The molecule has 6 nitrogen and oxygen atoms in total. The van der Waals surface area contributed by atoms with Crippen molar-refractivity contribution in [3.8, 4) is 0 Å². The van der Waals surface area contributed by atoms with Crippen molar-refractivity contribution in [1.29, 1.82) is 0 Å². The van der Waals surface area contributed by atoms with Crippen LogP contribution in [0.1, 0.15) is 27.2 Å². The Morgan fingerprint density at radius 1 is 1.29 bits per heavy atom. The van der Waals surface area contributed by atoms with E-state index in [9.17, 15) is 13.2 Å². The number of sulfonamides is 1. The van der Waals surface area contributed by atoms with E-state index < -0.39 is 10.0 Å². The molecule has 1 aromatic rings. The highest BCUT2D eigenvalue weighted by Crippen LogP contribution is 2.18. The lowest BCUT2D eigenvalue weighted by atomic mass is 10.4. The SMILES string of the molecule is CCN(CC(=O)NCCCOC(C)C)S(=O)(=O)c1ccc(Br)cc1. The number of halogens is 1. The molecule has 0 atom stereocenters. The summed E-state index contributed by atoms with van der Waals surface area (Å²) in [5, 5.41) is 2.72. The fourth-order valence-electron chi connectivity index (χ4n) is 1.96. The van der Waals surface area contributed by atoms with Crippen LogP contribution in [0.25, 0.3) is 0 Å². The van der Waals surface area contributed by atoms with Gasteiger partial charge in [-0.25, -0.2) is 8.42 Å². The molecule has 1 N–H and O–H groups in total. The Balaban J connectivity index is 2.56. The van der Waals surface area contributed by atoms with Crippen molar-refractivity contribution in [2.24, 2.45) is 0 Å². The first-order valence-electron chi connectivity index (χ1n) is 7.91. The zero-order valence-corrected chi connectivity index (χ0v) is 16.7. The number of hydrogen-bond acceptors (Lipinski definition) is 4. The summed E-state index contributed by atoms with van der Waals surface area (Å²) < 4.78 is 32.5. The van der Waals surface area contributed by atoms with Gasteiger partial charge in [-0.3, -0.25) is 4.79 Å². The lowest BCUT2D eigenvalue weighted by Gasteiger charge is -2.20. The van der Waals surface area contributed by atoms with Gasteiger partial charge in [0, 0.05) is 24.2 Å². The van der Waals surface area contributed by atoms with E-state index >= 15 is 0 Å². The Morgan fingerprint density at radius 2 is 1.92 bits per heavy atom. The molecule has 0 aliphatic heterocycles. The third-order valence-electron chi connectivity index (χ3n) is 3.22. The largest absolute Gasteiger partial charge is 0.379 e. The van der Waals surface area contributed by atoms with Crippen LogP contribution in [-0.4, -0.2) is 51.0 Å². The molecule has 1 amide bonds. The summed E-state index contributed by atoms with van der Waals surface area (Å²) in [4.78, 5) is 12.1. The Morgan fingerprint density at radius 3 is 2.46 bits per heavy atom. The van der Waals surface area contributed by atoms with Crippen molar-refractivity contribution < 1.29 is 17.9 Å². The maximum absolute atomic E-state index is 12.6. The minimum atomic E-state index is -3.68. The molecule has 0 aliphatic rings. The van der Waals surface area contributed by atoms with Gasteiger partial charge in [-0.15, -0.1) is 0 Å². The Hall–Kier alpha value is -0.960. The standard InChI is InChI=1S/C16H25BrN2O4S/c1-4-19(12-16(20)18-10-5-11-23-13(2)3)24(21,22)15-8-6-14(17)7-9-15/h6-9,13H,4-5,10-12H2,1-3H3,(H,18,20). The lowest BCUT2D eigenvalue weighted by molar-refractivity contribution is -0.121. The quantitative estimate of drug-likeness (QED) is 0.589. The topological polar surface area (TPSA) is 75.7 Å². The molecule has 8 heteroatoms. The number of carbonyl (C=O) groups excluding carboxylic acids is 1. The summed E-state index contributed by atoms with van der Waals surface area (Å²) >= 11 is 3.27. The Bertz CT molecular complexity index is 617. The summed E-state index contributed by atoms with van der Waals surface area (Å²) in [6.45, 7) is 6.66. The highest BCUT2D eigenvalue weighted by molar-refractivity contribution is 9.10. The molecule has 0 saturated heterocycles. The second-order valence-corrected chi connectivity index (χ2v) is 8.36. The second-order valence-electron chi connectivity index (χ2n) is 5.51. The van der Waals surface area contributed by atoms with E-state index in [0.29, 0.717) is 19.6 Å². The summed E-state index contributed by atoms with van der Waals surface area (Å²) in [5.41, 5.74) is 0. The van der Waals surface area contributed by atoms with E-state index in [0.717, 1.165) is 8.78 Å². The van der Waals surface area contributed by atoms with E-state index in [2.05, 4.69) is 21.2 Å². The molecule has 24 heavy (non-hydrogen) atoms. The van der Waals surface area contributed by atoms with E-state index in [1.54, 1.807) is 19.1 Å². The van der Waals surface area contributed by atoms with Gasteiger partial charge in [-0.1, -0.05) is 22.9 Å². The summed E-state index contributed by atoms with van der Waals surface area (Å²) in [5.74, 6) is -0.318. The summed E-state index contributed by atoms with van der Waals surface area (Å²) in [6.07, 6.45) is 0.850. The number of ether oxygens (including phenoxy) is 1. The van der Waals surface area contributed by atoms with Gasteiger partial charge >= 0.3 is 0 Å². The molecule has 1 aromatic carbocycles. The van der Waals surface area contributed by atoms with Crippen LogP contribution in [0.2, 0.25) is 0 Å². The van der Waals surface area contributed by atoms with Crippen molar-refractivity contribution in [2.75, 3.05) is 26.2 Å². The fraction of sp³-hybridized carbons (Fsp3) is 0.562. The number of rotatable bonds is 10. The first-order chi connectivity index (χ1) is 11.3. The number of hydrogen-bond donors (Lipinski definition) is 1. The molecule has 1 rings (SSSR count). The van der Waals surface area contributed by atoms with E-state index in [4.69, 9.17) is 4.74 Å². The molecule has 0 radical (unpaired) electrons. The minimum absolute atomic E-state index is 0.160. The van der Waals surface area contributed by atoms with Gasteiger partial charge < -0.3 is 10.1 Å². The zero-order valence-electron chi connectivity index (χ0n) is 14.3. The molecule has 0 fully saturated rings. The highest BCUT2D eigenvalue weighted by atomic mass is 79.9. The van der Waals surface area contributed by atoms with Crippen molar-refractivity contribution in [3.63, 3.8) is 0 Å². The molecule has 0 spiro atoms. The normalized spacial score (nSPS) is 11.9. The number of likely N-dealkylation sites (N-methyl/N-ethyl adjacent to an activating group) is 1. The van der Waals surface area contributed by atoms with Gasteiger partial charge in [0.1, 0.15) is 0 Å². The molecule has 0 aliphatic carbocycles. The predicted octanol–water partition coefficient (Wildman–Crippen LogP) is 2.39. The summed E-state index contributed by atoms with van der Waals surface area (Å²) in [7, 11) is -3.68. The fourth-order valence-corrected chi connectivity index (χ4v) is 3.63. The van der Waals surface area contributed by atoms with Crippen LogP contribution in [0.3, 0.4) is 0 Å². The third-order valence-corrected chi connectivity index (χ3v) is 5.68. The molecular formula is C16H25BrN2O4S.